The lowest BCUT2D eigenvalue weighted by Crippen LogP contribution is -2.50. The number of rotatable bonds is 3. The van der Waals surface area contributed by atoms with Crippen molar-refractivity contribution in [1.82, 2.24) is 19.7 Å². The number of benzene rings is 1. The Morgan fingerprint density at radius 2 is 1.65 bits per heavy atom. The summed E-state index contributed by atoms with van der Waals surface area (Å²) in [5.41, 5.74) is 0.264. The third-order valence-electron chi connectivity index (χ3n) is 5.59. The number of aromatic amines is 1. The summed E-state index contributed by atoms with van der Waals surface area (Å²) in [5.74, 6) is 0.503. The van der Waals surface area contributed by atoms with Gasteiger partial charge in [0.05, 0.1) is 5.88 Å². The van der Waals surface area contributed by atoms with Crippen molar-refractivity contribution in [3.05, 3.63) is 70.1 Å². The molecule has 3 heterocycles. The van der Waals surface area contributed by atoms with Crippen LogP contribution in [0.15, 0.2) is 53.5 Å². The van der Waals surface area contributed by atoms with Crippen molar-refractivity contribution in [3.63, 3.8) is 0 Å². The highest BCUT2D eigenvalue weighted by Crippen LogP contribution is 2.25. The monoisotopic (exact) mass is 440 g/mol. The molecule has 31 heavy (non-hydrogen) atoms. The van der Waals surface area contributed by atoms with E-state index in [0.717, 1.165) is 0 Å². The van der Waals surface area contributed by atoms with Gasteiger partial charge in [-0.3, -0.25) is 19.2 Å². The van der Waals surface area contributed by atoms with Crippen LogP contribution in [0.1, 0.15) is 27.1 Å². The molecule has 1 atom stereocenters. The zero-order valence-corrected chi connectivity index (χ0v) is 17.8. The number of thioether (sulfide) groups is 1. The third-order valence-corrected chi connectivity index (χ3v) is 6.60. The second-order valence-electron chi connectivity index (χ2n) is 7.54. The van der Waals surface area contributed by atoms with Gasteiger partial charge in [0.1, 0.15) is 11.6 Å². The van der Waals surface area contributed by atoms with Gasteiger partial charge in [-0.25, -0.2) is 0 Å². The van der Waals surface area contributed by atoms with Crippen molar-refractivity contribution >= 4 is 29.5 Å². The zero-order chi connectivity index (χ0) is 21.8. The Balaban J connectivity index is 1.42. The highest BCUT2D eigenvalue weighted by atomic mass is 32.2. The number of H-pyrrole nitrogens is 1. The fraction of sp³-hybridized carbons (Fsp3) is 0.364. The maximum atomic E-state index is 13.3. The highest BCUT2D eigenvalue weighted by Gasteiger charge is 2.38. The molecule has 0 radical (unpaired) electrons. The Labute approximate surface area is 184 Å². The molecule has 0 aliphatic carbocycles. The van der Waals surface area contributed by atoms with Crippen LogP contribution < -0.4 is 5.56 Å². The van der Waals surface area contributed by atoms with Crippen LogP contribution in [0.5, 0.6) is 0 Å². The molecule has 2 aliphatic heterocycles. The molecule has 1 N–H and O–H groups in total. The van der Waals surface area contributed by atoms with Crippen LogP contribution in [-0.4, -0.2) is 81.3 Å². The number of nitrogens with one attached hydrogen (secondary N) is 1. The van der Waals surface area contributed by atoms with Gasteiger partial charge in [0.2, 0.25) is 5.91 Å². The molecule has 162 valence electrons. The van der Waals surface area contributed by atoms with Crippen molar-refractivity contribution < 1.29 is 14.4 Å². The molecule has 1 aromatic heterocycles. The number of hydrogen-bond donors (Lipinski definition) is 1. The Morgan fingerprint density at radius 1 is 0.903 bits per heavy atom. The summed E-state index contributed by atoms with van der Waals surface area (Å²) in [5, 5.41) is 0. The molecule has 0 unspecified atom stereocenters. The summed E-state index contributed by atoms with van der Waals surface area (Å²) in [7, 11) is 0. The summed E-state index contributed by atoms with van der Waals surface area (Å²) in [6.07, 6.45) is 2.11. The first-order valence-electron chi connectivity index (χ1n) is 10.3. The molecular formula is C22H24N4O4S. The predicted octanol–water partition coefficient (Wildman–Crippen LogP) is 1.26. The number of hydrogen-bond acceptors (Lipinski definition) is 5. The number of pyridine rings is 1. The van der Waals surface area contributed by atoms with Crippen molar-refractivity contribution in [2.75, 3.05) is 37.8 Å². The van der Waals surface area contributed by atoms with Gasteiger partial charge in [-0.1, -0.05) is 18.2 Å². The minimum Gasteiger partial charge on any atom is -0.339 e. The molecule has 0 spiro atoms. The topological polar surface area (TPSA) is 93.8 Å². The second-order valence-corrected chi connectivity index (χ2v) is 8.54. The predicted molar refractivity (Wildman–Crippen MR) is 118 cm³/mol. The average Bonchev–Trinajstić information content (AvgIpc) is 3.16. The Hall–Kier alpha value is -3.07. The maximum Gasteiger partial charge on any atom is 0.260 e. The molecule has 2 aliphatic rings. The van der Waals surface area contributed by atoms with Crippen LogP contribution in [0.4, 0.5) is 0 Å². The Bertz CT molecular complexity index is 1030. The van der Waals surface area contributed by atoms with Gasteiger partial charge in [0.15, 0.2) is 0 Å². The zero-order valence-electron chi connectivity index (χ0n) is 17.0. The van der Waals surface area contributed by atoms with Crippen molar-refractivity contribution in [3.8, 4) is 0 Å². The average molecular weight is 441 g/mol. The van der Waals surface area contributed by atoms with Gasteiger partial charge in [-0.05, 0) is 30.7 Å². The molecule has 2 fully saturated rings. The van der Waals surface area contributed by atoms with Crippen LogP contribution in [-0.2, 0) is 4.79 Å². The van der Waals surface area contributed by atoms with Crippen LogP contribution in [0, 0.1) is 0 Å². The van der Waals surface area contributed by atoms with Crippen molar-refractivity contribution in [1.29, 1.82) is 0 Å². The number of carbonyl (C=O) groups is 3. The standard InChI is InChI=1S/C22H24N4O4S/c27-19-17(8-4-9-23-19)21(29)24-10-5-11-25(13-12-24)22(30)18-14-31-15-26(18)20(28)16-6-2-1-3-7-16/h1-4,6-9,18H,5,10-15H2,(H,23,27)/t18-/m0/s1. The van der Waals surface area contributed by atoms with Gasteiger partial charge in [-0.15, -0.1) is 11.8 Å². The van der Waals surface area contributed by atoms with Crippen LogP contribution in [0.2, 0.25) is 0 Å². The summed E-state index contributed by atoms with van der Waals surface area (Å²) in [6, 6.07) is 11.6. The first kappa shape index (κ1) is 21.2. The smallest absolute Gasteiger partial charge is 0.260 e. The molecule has 1 aromatic carbocycles. The van der Waals surface area contributed by atoms with E-state index in [1.165, 1.54) is 12.3 Å². The molecular weight excluding hydrogens is 416 g/mol. The van der Waals surface area contributed by atoms with Gasteiger partial charge >= 0.3 is 0 Å². The van der Waals surface area contributed by atoms with Gasteiger partial charge in [0.25, 0.3) is 17.4 Å². The molecule has 2 saturated heterocycles. The molecule has 4 rings (SSSR count). The molecule has 2 aromatic rings. The third kappa shape index (κ3) is 4.51. The number of amides is 3. The van der Waals surface area contributed by atoms with E-state index in [9.17, 15) is 19.2 Å². The lowest BCUT2D eigenvalue weighted by Gasteiger charge is -2.29. The largest absolute Gasteiger partial charge is 0.339 e. The van der Waals surface area contributed by atoms with Crippen molar-refractivity contribution in [2.45, 2.75) is 12.5 Å². The SMILES string of the molecule is O=C(c1ccc[nH]c1=O)N1CCCN(C(=O)[C@@H]2CSCN2C(=O)c2ccccc2)CC1. The number of nitrogens with zero attached hydrogens (tertiary/aromatic N) is 3. The van der Waals surface area contributed by atoms with Gasteiger partial charge in [0, 0.05) is 43.7 Å². The van der Waals surface area contributed by atoms with E-state index in [1.807, 2.05) is 18.2 Å². The minimum atomic E-state index is -0.503. The van der Waals surface area contributed by atoms with E-state index in [1.54, 1.807) is 44.7 Å². The quantitative estimate of drug-likeness (QED) is 0.776. The van der Waals surface area contributed by atoms with Gasteiger partial charge < -0.3 is 19.7 Å². The fourth-order valence-corrected chi connectivity index (χ4v) is 5.05. The van der Waals surface area contributed by atoms with E-state index in [4.69, 9.17) is 0 Å². The first-order valence-corrected chi connectivity index (χ1v) is 11.4. The van der Waals surface area contributed by atoms with E-state index in [2.05, 4.69) is 4.98 Å². The van der Waals surface area contributed by atoms with Crippen LogP contribution in [0.25, 0.3) is 0 Å². The second kappa shape index (κ2) is 9.38. The van der Waals surface area contributed by atoms with E-state index < -0.39 is 11.6 Å². The number of carbonyl (C=O) groups excluding carboxylic acids is 3. The molecule has 0 bridgehead atoms. The Kier molecular flexibility index (Phi) is 6.41. The number of aromatic nitrogens is 1. The molecule has 8 nitrogen and oxygen atoms in total. The normalized spacial score (nSPS) is 19.2. The summed E-state index contributed by atoms with van der Waals surface area (Å²) in [6.45, 7) is 1.72. The lowest BCUT2D eigenvalue weighted by molar-refractivity contribution is -0.134. The summed E-state index contributed by atoms with van der Waals surface area (Å²) in [4.78, 5) is 58.4. The van der Waals surface area contributed by atoms with Crippen molar-refractivity contribution in [2.24, 2.45) is 0 Å². The van der Waals surface area contributed by atoms with E-state index >= 15 is 0 Å². The fourth-order valence-electron chi connectivity index (χ4n) is 3.91. The van der Waals surface area contributed by atoms with Crippen LogP contribution in [0.3, 0.4) is 0 Å². The molecule has 0 saturated carbocycles. The van der Waals surface area contributed by atoms with E-state index in [0.29, 0.717) is 49.8 Å². The molecule has 9 heteroatoms. The minimum absolute atomic E-state index is 0.0823. The summed E-state index contributed by atoms with van der Waals surface area (Å²) >= 11 is 1.57. The molecule has 3 amide bonds. The highest BCUT2D eigenvalue weighted by molar-refractivity contribution is 7.99. The van der Waals surface area contributed by atoms with E-state index in [-0.39, 0.29) is 23.3 Å². The lowest BCUT2D eigenvalue weighted by atomic mass is 10.1. The Morgan fingerprint density at radius 3 is 2.42 bits per heavy atom. The van der Waals surface area contributed by atoms with Gasteiger partial charge in [-0.2, -0.15) is 0 Å². The van der Waals surface area contributed by atoms with Crippen LogP contribution >= 0.6 is 11.8 Å². The first-order chi connectivity index (χ1) is 15.1. The summed E-state index contributed by atoms with van der Waals surface area (Å²) < 4.78 is 0. The maximum absolute atomic E-state index is 13.3.